The maximum atomic E-state index is 16.1. The van der Waals surface area contributed by atoms with E-state index in [0.717, 1.165) is 56.5 Å². The molecule has 2 unspecified atom stereocenters. The van der Waals surface area contributed by atoms with Gasteiger partial charge in [0.1, 0.15) is 11.6 Å². The summed E-state index contributed by atoms with van der Waals surface area (Å²) in [5, 5.41) is 19.7. The molecule has 1 spiro atoms. The molecule has 1 saturated carbocycles. The van der Waals surface area contributed by atoms with E-state index in [4.69, 9.17) is 0 Å². The first kappa shape index (κ1) is 32.8. The number of halogens is 4. The average molecular weight is 687 g/mol. The number of hydrogen-bond acceptors (Lipinski definition) is 8. The van der Waals surface area contributed by atoms with E-state index in [-0.39, 0.29) is 53.1 Å². The van der Waals surface area contributed by atoms with Crippen molar-refractivity contribution in [3.8, 4) is 11.1 Å². The second-order valence-electron chi connectivity index (χ2n) is 13.3. The third-order valence-corrected chi connectivity index (χ3v) is 11.7. The van der Waals surface area contributed by atoms with Crippen molar-refractivity contribution in [2.24, 2.45) is 5.16 Å². The van der Waals surface area contributed by atoms with Gasteiger partial charge in [-0.2, -0.15) is 0 Å². The molecule has 2 fully saturated rings. The number of anilines is 2. The molecule has 0 aromatic heterocycles. The Bertz CT molecular complexity index is 1880. The minimum absolute atomic E-state index is 0.0503. The van der Waals surface area contributed by atoms with E-state index >= 15 is 13.2 Å². The van der Waals surface area contributed by atoms with Crippen LogP contribution in [0.5, 0.6) is 0 Å². The maximum absolute atomic E-state index is 16.1. The van der Waals surface area contributed by atoms with Crippen molar-refractivity contribution in [3.63, 3.8) is 0 Å². The molecule has 7 rings (SSSR count). The van der Waals surface area contributed by atoms with E-state index in [1.165, 1.54) is 38.2 Å². The summed E-state index contributed by atoms with van der Waals surface area (Å²) >= 11 is 0. The van der Waals surface area contributed by atoms with Crippen LogP contribution in [0.1, 0.15) is 86.9 Å². The molecule has 48 heavy (non-hydrogen) atoms. The van der Waals surface area contributed by atoms with Gasteiger partial charge in [0, 0.05) is 28.8 Å². The molecule has 2 aliphatic heterocycles. The summed E-state index contributed by atoms with van der Waals surface area (Å²) in [5.74, 6) is -4.22. The quantitative estimate of drug-likeness (QED) is 0.102. The number of hydrazine groups is 1. The standard InChI is InChI=1S/C34H38F4N6O3S/c35-19-16-23-20(10-12-25(23)43-45)27(17-19)48(46,47)44-26-13-11-24(36)28(30(26)38)21-8-9-22-31(29(21)37)41-42-32(22)33-39-18-34(40-33)14-6-4-2-1-3-5-7-15-34/h8-9,11,13,16-17,32-33,39-42,44-45H,1-7,10,12,14-15,18H2/b43-25+. The number of fused-ring (bicyclic) bond motifs is 2. The summed E-state index contributed by atoms with van der Waals surface area (Å²) in [6.45, 7) is 0.791. The average Bonchev–Trinajstić information content (AvgIpc) is 3.80. The van der Waals surface area contributed by atoms with Crippen molar-refractivity contribution in [2.75, 3.05) is 16.7 Å². The first-order valence-corrected chi connectivity index (χ1v) is 18.0. The first-order chi connectivity index (χ1) is 23.1. The Morgan fingerprint density at radius 3 is 2.33 bits per heavy atom. The summed E-state index contributed by atoms with van der Waals surface area (Å²) in [6.07, 6.45) is 10.7. The number of oxime groups is 1. The molecular weight excluding hydrogens is 648 g/mol. The SMILES string of the molecule is O=S(=O)(Nc1ccc(F)c(-c2ccc3c(c2F)NNC3C2NCC3(CCCCCCCCC3)N2)c1F)c1cc(F)cc2c1CC/C2=N\O. The minimum atomic E-state index is -4.60. The summed E-state index contributed by atoms with van der Waals surface area (Å²) in [6, 6.07) is 6.12. The fraction of sp³-hybridized carbons (Fsp3) is 0.441. The van der Waals surface area contributed by atoms with Gasteiger partial charge >= 0.3 is 0 Å². The Morgan fingerprint density at radius 2 is 1.60 bits per heavy atom. The van der Waals surface area contributed by atoms with Gasteiger partial charge in [0.05, 0.1) is 39.8 Å². The number of hydrogen-bond donors (Lipinski definition) is 6. The van der Waals surface area contributed by atoms with Crippen LogP contribution in [-0.2, 0) is 16.4 Å². The van der Waals surface area contributed by atoms with Crippen LogP contribution in [0.2, 0.25) is 0 Å². The molecule has 2 heterocycles. The minimum Gasteiger partial charge on any atom is -0.411 e. The van der Waals surface area contributed by atoms with Crippen LogP contribution >= 0.6 is 0 Å². The van der Waals surface area contributed by atoms with Crippen molar-refractivity contribution in [2.45, 2.75) is 93.3 Å². The van der Waals surface area contributed by atoms with E-state index < -0.39 is 55.0 Å². The fourth-order valence-corrected chi connectivity index (χ4v) is 9.14. The van der Waals surface area contributed by atoms with Crippen LogP contribution < -0.4 is 26.2 Å². The second kappa shape index (κ2) is 13.0. The van der Waals surface area contributed by atoms with Gasteiger partial charge in [0.15, 0.2) is 11.6 Å². The monoisotopic (exact) mass is 686 g/mol. The Balaban J connectivity index is 1.16. The highest BCUT2D eigenvalue weighted by Gasteiger charge is 2.43. The summed E-state index contributed by atoms with van der Waals surface area (Å²) in [4.78, 5) is -0.465. The van der Waals surface area contributed by atoms with Crippen molar-refractivity contribution in [1.29, 1.82) is 0 Å². The molecule has 4 aliphatic rings. The van der Waals surface area contributed by atoms with Crippen molar-refractivity contribution < 1.29 is 31.2 Å². The molecule has 9 nitrogen and oxygen atoms in total. The number of sulfonamides is 1. The Hall–Kier alpha value is -3.72. The summed E-state index contributed by atoms with van der Waals surface area (Å²) < 4.78 is 90.7. The third kappa shape index (κ3) is 5.92. The van der Waals surface area contributed by atoms with Crippen LogP contribution in [0.3, 0.4) is 0 Å². The zero-order valence-corrected chi connectivity index (χ0v) is 27.1. The fourth-order valence-electron chi connectivity index (χ4n) is 7.78. The van der Waals surface area contributed by atoms with Crippen molar-refractivity contribution >= 4 is 27.1 Å². The predicted octanol–water partition coefficient (Wildman–Crippen LogP) is 6.59. The van der Waals surface area contributed by atoms with E-state index in [2.05, 4.69) is 31.4 Å². The number of rotatable bonds is 5. The molecule has 6 N–H and O–H groups in total. The van der Waals surface area contributed by atoms with Crippen LogP contribution in [-0.4, -0.2) is 37.6 Å². The van der Waals surface area contributed by atoms with Gasteiger partial charge in [-0.1, -0.05) is 62.2 Å². The largest absolute Gasteiger partial charge is 0.411 e. The Morgan fingerprint density at radius 1 is 0.875 bits per heavy atom. The highest BCUT2D eigenvalue weighted by atomic mass is 32.2. The molecule has 3 aromatic rings. The smallest absolute Gasteiger partial charge is 0.262 e. The molecule has 2 aliphatic carbocycles. The molecule has 1 saturated heterocycles. The summed E-state index contributed by atoms with van der Waals surface area (Å²) in [7, 11) is -4.60. The van der Waals surface area contributed by atoms with E-state index in [1.54, 1.807) is 6.07 Å². The van der Waals surface area contributed by atoms with Crippen LogP contribution in [0.15, 0.2) is 46.4 Å². The molecule has 256 valence electrons. The topological polar surface area (TPSA) is 127 Å². The Labute approximate surface area is 276 Å². The van der Waals surface area contributed by atoms with E-state index in [1.807, 2.05) is 0 Å². The van der Waals surface area contributed by atoms with Gasteiger partial charge in [0.25, 0.3) is 10.0 Å². The molecule has 2 atom stereocenters. The normalized spacial score (nSPS) is 23.2. The molecule has 0 radical (unpaired) electrons. The first-order valence-electron chi connectivity index (χ1n) is 16.5. The van der Waals surface area contributed by atoms with Crippen molar-refractivity contribution in [1.82, 2.24) is 16.1 Å². The second-order valence-corrected chi connectivity index (χ2v) is 14.9. The maximum Gasteiger partial charge on any atom is 0.262 e. The van der Waals surface area contributed by atoms with Gasteiger partial charge in [0.2, 0.25) is 0 Å². The van der Waals surface area contributed by atoms with Crippen LogP contribution in [0.25, 0.3) is 11.1 Å². The van der Waals surface area contributed by atoms with Gasteiger partial charge in [-0.3, -0.25) is 15.4 Å². The van der Waals surface area contributed by atoms with Crippen LogP contribution in [0, 0.1) is 23.3 Å². The third-order valence-electron chi connectivity index (χ3n) is 10.2. The lowest BCUT2D eigenvalue weighted by molar-refractivity contribution is 0.282. The van der Waals surface area contributed by atoms with Gasteiger partial charge in [-0.25, -0.2) is 31.4 Å². The highest BCUT2D eigenvalue weighted by Crippen LogP contribution is 2.42. The molecule has 14 heteroatoms. The number of nitrogens with one attached hydrogen (secondary N) is 5. The van der Waals surface area contributed by atoms with Gasteiger partial charge in [-0.15, -0.1) is 0 Å². The molecule has 0 amide bonds. The van der Waals surface area contributed by atoms with Gasteiger partial charge < -0.3 is 10.6 Å². The lowest BCUT2D eigenvalue weighted by atomic mass is 9.85. The number of nitrogens with zero attached hydrogens (tertiary/aromatic N) is 1. The van der Waals surface area contributed by atoms with E-state index in [0.29, 0.717) is 5.56 Å². The molecule has 0 bridgehead atoms. The molecule has 3 aromatic carbocycles. The molecular formula is C34H38F4N6O3S. The zero-order valence-electron chi connectivity index (χ0n) is 26.2. The number of benzene rings is 3. The summed E-state index contributed by atoms with van der Waals surface area (Å²) in [5.41, 5.74) is 5.25. The lowest BCUT2D eigenvalue weighted by Gasteiger charge is -2.32. The zero-order chi connectivity index (χ0) is 33.6. The van der Waals surface area contributed by atoms with E-state index in [9.17, 15) is 18.0 Å². The van der Waals surface area contributed by atoms with Crippen molar-refractivity contribution in [3.05, 3.63) is 76.4 Å². The predicted molar refractivity (Wildman–Crippen MR) is 174 cm³/mol. The highest BCUT2D eigenvalue weighted by molar-refractivity contribution is 7.92. The van der Waals surface area contributed by atoms with Gasteiger partial charge in [-0.05, 0) is 55.5 Å². The Kier molecular flexibility index (Phi) is 8.85. The lowest BCUT2D eigenvalue weighted by Crippen LogP contribution is -2.49. The van der Waals surface area contributed by atoms with Crippen LogP contribution in [0.4, 0.5) is 28.9 Å².